The predicted molar refractivity (Wildman–Crippen MR) is 103 cm³/mol. The number of fused-ring (bicyclic) bond motifs is 1. The molecule has 0 aromatic heterocycles. The van der Waals surface area contributed by atoms with E-state index < -0.39 is 5.91 Å². The highest BCUT2D eigenvalue weighted by Crippen LogP contribution is 2.43. The molecule has 1 heterocycles. The molecule has 26 heavy (non-hydrogen) atoms. The number of nitrogens with one attached hydrogen (secondary N) is 1. The second kappa shape index (κ2) is 7.60. The topological polar surface area (TPSA) is 83.6 Å². The van der Waals surface area contributed by atoms with Gasteiger partial charge in [-0.2, -0.15) is 0 Å². The Labute approximate surface area is 167 Å². The Kier molecular flexibility index (Phi) is 5.62. The van der Waals surface area contributed by atoms with Crippen molar-refractivity contribution < 1.29 is 19.2 Å². The van der Waals surface area contributed by atoms with Crippen molar-refractivity contribution in [2.75, 3.05) is 11.9 Å². The van der Waals surface area contributed by atoms with Gasteiger partial charge in [-0.05, 0) is 44.0 Å². The van der Waals surface area contributed by atoms with Gasteiger partial charge < -0.3 is 5.32 Å². The fraction of sp³-hybridized carbons (Fsp3) is 0.444. The van der Waals surface area contributed by atoms with Gasteiger partial charge in [0.25, 0.3) is 0 Å². The zero-order valence-corrected chi connectivity index (χ0v) is 17.2. The van der Waals surface area contributed by atoms with Gasteiger partial charge in [-0.1, -0.05) is 31.9 Å². The summed E-state index contributed by atoms with van der Waals surface area (Å²) in [5, 5.41) is 2.66. The molecule has 2 aliphatic rings. The van der Waals surface area contributed by atoms with Gasteiger partial charge >= 0.3 is 0 Å². The Hall–Kier alpha value is -1.54. The number of imide groups is 1. The number of amides is 3. The van der Waals surface area contributed by atoms with Crippen molar-refractivity contribution in [1.82, 2.24) is 4.90 Å². The molecule has 0 bridgehead atoms. The van der Waals surface area contributed by atoms with Gasteiger partial charge in [0.1, 0.15) is 6.54 Å². The van der Waals surface area contributed by atoms with Crippen molar-refractivity contribution in [3.63, 3.8) is 0 Å². The van der Waals surface area contributed by atoms with Crippen molar-refractivity contribution in [3.8, 4) is 0 Å². The summed E-state index contributed by atoms with van der Waals surface area (Å²) in [6.45, 7) is 1.17. The van der Waals surface area contributed by atoms with Gasteiger partial charge in [0.15, 0.2) is 5.78 Å². The van der Waals surface area contributed by atoms with Gasteiger partial charge in [-0.25, -0.2) is 0 Å². The first-order valence-corrected chi connectivity index (χ1v) is 10.1. The molecule has 1 saturated carbocycles. The van der Waals surface area contributed by atoms with E-state index in [-0.39, 0.29) is 45.6 Å². The van der Waals surface area contributed by atoms with Gasteiger partial charge in [0, 0.05) is 20.9 Å². The summed E-state index contributed by atoms with van der Waals surface area (Å²) in [7, 11) is 0. The van der Waals surface area contributed by atoms with Crippen LogP contribution < -0.4 is 5.32 Å². The number of alkyl halides is 2. The van der Waals surface area contributed by atoms with Crippen LogP contribution in [-0.4, -0.2) is 44.6 Å². The summed E-state index contributed by atoms with van der Waals surface area (Å²) in [6.07, 6.45) is 1.16. The van der Waals surface area contributed by atoms with E-state index >= 15 is 0 Å². The largest absolute Gasteiger partial charge is 0.325 e. The molecule has 1 aliphatic carbocycles. The molecule has 1 aromatic carbocycles. The Bertz CT molecular complexity index is 737. The molecule has 1 aliphatic heterocycles. The first-order chi connectivity index (χ1) is 12.3. The maximum Gasteiger partial charge on any atom is 0.244 e. The van der Waals surface area contributed by atoms with Crippen molar-refractivity contribution in [1.29, 1.82) is 0 Å². The van der Waals surface area contributed by atoms with Gasteiger partial charge in [-0.3, -0.25) is 24.1 Å². The molecule has 0 radical (unpaired) electrons. The van der Waals surface area contributed by atoms with Crippen LogP contribution in [0, 0.1) is 11.8 Å². The first kappa shape index (κ1) is 19.2. The molecule has 4 atom stereocenters. The highest BCUT2D eigenvalue weighted by atomic mass is 79.9. The number of hydrogen-bond acceptors (Lipinski definition) is 4. The molecule has 0 spiro atoms. The monoisotopic (exact) mass is 484 g/mol. The van der Waals surface area contributed by atoms with Crippen molar-refractivity contribution in [2.45, 2.75) is 29.4 Å². The van der Waals surface area contributed by atoms with Crippen LogP contribution >= 0.6 is 31.9 Å². The number of nitrogens with zero attached hydrogens (tertiary/aromatic N) is 1. The van der Waals surface area contributed by atoms with Gasteiger partial charge in [0.2, 0.25) is 17.7 Å². The number of likely N-dealkylation sites (tertiary alicyclic amines) is 1. The zero-order chi connectivity index (χ0) is 19.0. The fourth-order valence-corrected chi connectivity index (χ4v) is 4.69. The van der Waals surface area contributed by atoms with Gasteiger partial charge in [-0.15, -0.1) is 0 Å². The standard InChI is InChI=1S/C18H18Br2N2O4/c1-9(23)10-2-4-11(5-3-10)21-16(24)8-22-17(25)12-6-14(19)15(20)7-13(12)18(22)26/h2-5,12-15H,6-8H2,1H3,(H,21,24)/t12-,13+,14-,15-/m0/s1. The quantitative estimate of drug-likeness (QED) is 0.403. The van der Waals surface area contributed by atoms with Crippen LogP contribution in [0.5, 0.6) is 0 Å². The number of benzene rings is 1. The van der Waals surface area contributed by atoms with E-state index in [1.54, 1.807) is 24.3 Å². The lowest BCUT2D eigenvalue weighted by atomic mass is 9.81. The minimum Gasteiger partial charge on any atom is -0.325 e. The van der Waals surface area contributed by atoms with E-state index in [1.807, 2.05) is 0 Å². The zero-order valence-electron chi connectivity index (χ0n) is 14.1. The Morgan fingerprint density at radius 3 is 2.00 bits per heavy atom. The number of carbonyl (C=O) groups is 4. The summed E-state index contributed by atoms with van der Waals surface area (Å²) in [5.74, 6) is -1.76. The molecule has 0 unspecified atom stereocenters. The van der Waals surface area contributed by atoms with Crippen LogP contribution in [0.1, 0.15) is 30.1 Å². The number of carbonyl (C=O) groups excluding carboxylic acids is 4. The van der Waals surface area contributed by atoms with Crippen molar-refractivity contribution in [3.05, 3.63) is 29.8 Å². The van der Waals surface area contributed by atoms with Crippen LogP contribution in [0.15, 0.2) is 24.3 Å². The van der Waals surface area contributed by atoms with Crippen molar-refractivity contribution >= 4 is 61.1 Å². The maximum absolute atomic E-state index is 12.6. The highest BCUT2D eigenvalue weighted by Gasteiger charge is 2.52. The number of anilines is 1. The van der Waals surface area contributed by atoms with Crippen LogP contribution in [-0.2, 0) is 14.4 Å². The van der Waals surface area contributed by atoms with E-state index in [9.17, 15) is 19.2 Å². The second-order valence-electron chi connectivity index (χ2n) is 6.66. The highest BCUT2D eigenvalue weighted by molar-refractivity contribution is 9.12. The summed E-state index contributed by atoms with van der Waals surface area (Å²) in [6, 6.07) is 6.47. The number of halogens is 2. The van der Waals surface area contributed by atoms with Crippen LogP contribution in [0.25, 0.3) is 0 Å². The molecule has 3 amide bonds. The van der Waals surface area contributed by atoms with E-state index in [4.69, 9.17) is 0 Å². The molecule has 2 fully saturated rings. The van der Waals surface area contributed by atoms with E-state index in [1.165, 1.54) is 6.92 Å². The fourth-order valence-electron chi connectivity index (χ4n) is 3.45. The van der Waals surface area contributed by atoms with Crippen LogP contribution in [0.4, 0.5) is 5.69 Å². The normalized spacial score (nSPS) is 28.0. The Morgan fingerprint density at radius 2 is 1.54 bits per heavy atom. The number of hydrogen-bond donors (Lipinski definition) is 1. The molecule has 1 N–H and O–H groups in total. The van der Waals surface area contributed by atoms with Crippen molar-refractivity contribution in [2.24, 2.45) is 11.8 Å². The SMILES string of the molecule is CC(=O)c1ccc(NC(=O)CN2C(=O)[C@H]3C[C@H](Br)[C@@H](Br)C[C@H]3C2=O)cc1. The summed E-state index contributed by atoms with van der Waals surface area (Å²) in [4.78, 5) is 50.0. The third-order valence-corrected chi connectivity index (χ3v) is 7.61. The van der Waals surface area contributed by atoms with E-state index in [2.05, 4.69) is 37.2 Å². The Balaban J connectivity index is 1.65. The molecule has 1 saturated heterocycles. The lowest BCUT2D eigenvalue weighted by molar-refractivity contribution is -0.142. The minimum absolute atomic E-state index is 0.0612. The minimum atomic E-state index is -0.438. The van der Waals surface area contributed by atoms with E-state index in [0.717, 1.165) is 4.90 Å². The predicted octanol–water partition coefficient (Wildman–Crippen LogP) is 2.75. The lowest BCUT2D eigenvalue weighted by Gasteiger charge is -2.29. The molecule has 8 heteroatoms. The van der Waals surface area contributed by atoms with Crippen LogP contribution in [0.2, 0.25) is 0 Å². The molecular weight excluding hydrogens is 468 g/mol. The number of Topliss-reactive ketones (excluding diaryl/α,β-unsaturated/α-hetero) is 1. The smallest absolute Gasteiger partial charge is 0.244 e. The average molecular weight is 486 g/mol. The third-order valence-electron chi connectivity index (χ3n) is 4.88. The lowest BCUT2D eigenvalue weighted by Crippen LogP contribution is -2.38. The second-order valence-corrected chi connectivity index (χ2v) is 9.01. The first-order valence-electron chi connectivity index (χ1n) is 8.32. The molecular formula is C18H18Br2N2O4. The molecule has 3 rings (SSSR count). The number of rotatable bonds is 4. The molecule has 6 nitrogen and oxygen atoms in total. The summed E-state index contributed by atoms with van der Waals surface area (Å²) in [5.41, 5.74) is 1.06. The molecule has 138 valence electrons. The summed E-state index contributed by atoms with van der Waals surface area (Å²) >= 11 is 7.07. The maximum atomic E-state index is 12.6. The van der Waals surface area contributed by atoms with Crippen LogP contribution in [0.3, 0.4) is 0 Å². The van der Waals surface area contributed by atoms with E-state index in [0.29, 0.717) is 24.1 Å². The number of ketones is 1. The Morgan fingerprint density at radius 1 is 1.04 bits per heavy atom. The average Bonchev–Trinajstić information content (AvgIpc) is 2.80. The van der Waals surface area contributed by atoms with Gasteiger partial charge in [0.05, 0.1) is 11.8 Å². The summed E-state index contributed by atoms with van der Waals surface area (Å²) < 4.78 is 0. The molecule has 1 aromatic rings. The third kappa shape index (κ3) is 3.76.